The van der Waals surface area contributed by atoms with Gasteiger partial charge in [-0.2, -0.15) is 0 Å². The maximum atomic E-state index is 12.6. The molecule has 1 saturated heterocycles. The van der Waals surface area contributed by atoms with E-state index < -0.39 is 10.0 Å². The third kappa shape index (κ3) is 3.78. The summed E-state index contributed by atoms with van der Waals surface area (Å²) in [5.41, 5.74) is 1.98. The summed E-state index contributed by atoms with van der Waals surface area (Å²) in [4.78, 5) is 12.6. The summed E-state index contributed by atoms with van der Waals surface area (Å²) in [5.74, 6) is 0.664. The van der Waals surface area contributed by atoms with Crippen LogP contribution in [0, 0.1) is 0 Å². The molecule has 6 nitrogen and oxygen atoms in total. The number of benzene rings is 3. The summed E-state index contributed by atoms with van der Waals surface area (Å²) in [6.07, 6.45) is 0.622. The second-order valence-corrected chi connectivity index (χ2v) is 8.95. The van der Waals surface area contributed by atoms with Crippen molar-refractivity contribution in [2.45, 2.75) is 13.0 Å². The lowest BCUT2D eigenvalue weighted by atomic mass is 10.0. The van der Waals surface area contributed by atoms with Crippen molar-refractivity contribution in [1.82, 2.24) is 5.32 Å². The van der Waals surface area contributed by atoms with Crippen LogP contribution in [-0.4, -0.2) is 33.7 Å². The smallest absolute Gasteiger partial charge is 0.251 e. The van der Waals surface area contributed by atoms with Gasteiger partial charge in [0.1, 0.15) is 5.75 Å². The average molecular weight is 410 g/mol. The lowest BCUT2D eigenvalue weighted by Gasteiger charge is -2.17. The first-order valence-corrected chi connectivity index (χ1v) is 11.0. The van der Waals surface area contributed by atoms with Gasteiger partial charge < -0.3 is 10.1 Å². The van der Waals surface area contributed by atoms with Crippen LogP contribution in [0.25, 0.3) is 10.8 Å². The summed E-state index contributed by atoms with van der Waals surface area (Å²) >= 11 is 0. The first-order valence-electron chi connectivity index (χ1n) is 9.43. The van der Waals surface area contributed by atoms with Crippen LogP contribution >= 0.6 is 0 Å². The monoisotopic (exact) mass is 410 g/mol. The highest BCUT2D eigenvalue weighted by molar-refractivity contribution is 7.93. The number of amides is 1. The molecule has 1 aliphatic rings. The molecule has 0 saturated carbocycles. The van der Waals surface area contributed by atoms with E-state index in [2.05, 4.69) is 5.32 Å². The highest BCUT2D eigenvalue weighted by atomic mass is 32.2. The maximum absolute atomic E-state index is 12.6. The minimum Gasteiger partial charge on any atom is -0.496 e. The maximum Gasteiger partial charge on any atom is 0.251 e. The van der Waals surface area contributed by atoms with Crippen LogP contribution < -0.4 is 14.4 Å². The lowest BCUT2D eigenvalue weighted by Crippen LogP contribution is -2.26. The van der Waals surface area contributed by atoms with Crippen molar-refractivity contribution >= 4 is 32.4 Å². The van der Waals surface area contributed by atoms with E-state index in [1.165, 1.54) is 4.31 Å². The number of rotatable bonds is 5. The third-order valence-corrected chi connectivity index (χ3v) is 7.03. The molecule has 3 aromatic carbocycles. The van der Waals surface area contributed by atoms with Gasteiger partial charge in [-0.05, 0) is 47.5 Å². The fourth-order valence-electron chi connectivity index (χ4n) is 3.67. The molecule has 1 heterocycles. The van der Waals surface area contributed by atoms with Gasteiger partial charge in [-0.1, -0.05) is 30.3 Å². The topological polar surface area (TPSA) is 75.7 Å². The summed E-state index contributed by atoms with van der Waals surface area (Å²) in [6, 6.07) is 18.5. The van der Waals surface area contributed by atoms with E-state index in [4.69, 9.17) is 4.74 Å². The minimum atomic E-state index is -3.23. The predicted molar refractivity (Wildman–Crippen MR) is 114 cm³/mol. The van der Waals surface area contributed by atoms with Crippen molar-refractivity contribution in [3.8, 4) is 5.75 Å². The Balaban J connectivity index is 1.51. The van der Waals surface area contributed by atoms with Gasteiger partial charge in [0.15, 0.2) is 0 Å². The number of hydrogen-bond donors (Lipinski definition) is 1. The highest BCUT2D eigenvalue weighted by Crippen LogP contribution is 2.28. The molecule has 3 aromatic rings. The summed E-state index contributed by atoms with van der Waals surface area (Å²) in [5, 5.41) is 5.04. The second kappa shape index (κ2) is 7.75. The Morgan fingerprint density at radius 2 is 1.83 bits per heavy atom. The fourth-order valence-corrected chi connectivity index (χ4v) is 5.23. The average Bonchev–Trinajstić information content (AvgIpc) is 3.10. The number of carbonyl (C=O) groups is 1. The summed E-state index contributed by atoms with van der Waals surface area (Å²) in [6.45, 7) is 0.806. The zero-order valence-corrected chi connectivity index (χ0v) is 16.9. The number of carbonyl (C=O) groups excluding carboxylic acids is 1. The molecule has 4 rings (SSSR count). The molecule has 7 heteroatoms. The molecule has 0 bridgehead atoms. The van der Waals surface area contributed by atoms with Crippen LogP contribution in [0.15, 0.2) is 60.7 Å². The van der Waals surface area contributed by atoms with Crippen LogP contribution in [0.3, 0.4) is 0 Å². The number of ether oxygens (including phenoxy) is 1. The van der Waals surface area contributed by atoms with Crippen molar-refractivity contribution in [1.29, 1.82) is 0 Å². The molecule has 0 radical (unpaired) electrons. The van der Waals surface area contributed by atoms with Crippen molar-refractivity contribution in [2.24, 2.45) is 0 Å². The number of nitrogens with zero attached hydrogens (tertiary/aromatic N) is 1. The molecule has 1 N–H and O–H groups in total. The van der Waals surface area contributed by atoms with E-state index in [-0.39, 0.29) is 11.7 Å². The van der Waals surface area contributed by atoms with Gasteiger partial charge in [-0.25, -0.2) is 8.42 Å². The Morgan fingerprint density at radius 3 is 2.52 bits per heavy atom. The van der Waals surface area contributed by atoms with E-state index >= 15 is 0 Å². The Hall–Kier alpha value is -3.06. The SMILES string of the molecule is COc1ccc2ccccc2c1CNC(=O)c1ccc(N2CCCS2(=O)=O)cc1. The van der Waals surface area contributed by atoms with Crippen LogP contribution in [0.1, 0.15) is 22.3 Å². The van der Waals surface area contributed by atoms with E-state index in [0.29, 0.717) is 30.8 Å². The first kappa shape index (κ1) is 19.3. The Kier molecular flexibility index (Phi) is 5.15. The fraction of sp³-hybridized carbons (Fsp3) is 0.227. The van der Waals surface area contributed by atoms with Gasteiger partial charge >= 0.3 is 0 Å². The molecule has 0 unspecified atom stereocenters. The zero-order chi connectivity index (χ0) is 20.4. The molecular formula is C22H22N2O4S. The predicted octanol–water partition coefficient (Wildman–Crippen LogP) is 3.32. The van der Waals surface area contributed by atoms with Crippen LogP contribution in [0.5, 0.6) is 5.75 Å². The molecule has 1 aliphatic heterocycles. The molecule has 1 fully saturated rings. The van der Waals surface area contributed by atoms with Gasteiger partial charge in [-0.15, -0.1) is 0 Å². The second-order valence-electron chi connectivity index (χ2n) is 6.94. The Labute approximate surface area is 170 Å². The molecule has 150 valence electrons. The molecule has 0 aliphatic carbocycles. The van der Waals surface area contributed by atoms with Gasteiger partial charge in [-0.3, -0.25) is 9.10 Å². The number of hydrogen-bond acceptors (Lipinski definition) is 4. The normalized spacial score (nSPS) is 15.4. The number of nitrogens with one attached hydrogen (secondary N) is 1. The van der Waals surface area contributed by atoms with Gasteiger partial charge in [0.2, 0.25) is 10.0 Å². The van der Waals surface area contributed by atoms with Gasteiger partial charge in [0.05, 0.1) is 18.6 Å². The third-order valence-electron chi connectivity index (χ3n) is 5.16. The number of methoxy groups -OCH3 is 1. The molecule has 29 heavy (non-hydrogen) atoms. The molecule has 0 atom stereocenters. The van der Waals surface area contributed by atoms with Crippen molar-refractivity contribution < 1.29 is 17.9 Å². The van der Waals surface area contributed by atoms with Gasteiger partial charge in [0.25, 0.3) is 5.91 Å². The largest absolute Gasteiger partial charge is 0.496 e. The molecule has 0 spiro atoms. The van der Waals surface area contributed by atoms with E-state index in [1.807, 2.05) is 36.4 Å². The van der Waals surface area contributed by atoms with E-state index in [1.54, 1.807) is 31.4 Å². The van der Waals surface area contributed by atoms with Crippen LogP contribution in [0.4, 0.5) is 5.69 Å². The number of fused-ring (bicyclic) bond motifs is 1. The standard InChI is InChI=1S/C22H22N2O4S/c1-28-21-12-9-16-5-2-3-6-19(16)20(21)15-23-22(25)17-7-10-18(11-8-17)24-13-4-14-29(24,26)27/h2-3,5-12H,4,13-15H2,1H3,(H,23,25). The van der Waals surface area contributed by atoms with Crippen molar-refractivity contribution in [3.05, 3.63) is 71.8 Å². The van der Waals surface area contributed by atoms with Crippen LogP contribution in [-0.2, 0) is 16.6 Å². The minimum absolute atomic E-state index is 0.169. The quantitative estimate of drug-likeness (QED) is 0.700. The molecule has 0 aromatic heterocycles. The molecule has 1 amide bonds. The van der Waals surface area contributed by atoms with E-state index in [0.717, 1.165) is 22.1 Å². The number of sulfonamides is 1. The zero-order valence-electron chi connectivity index (χ0n) is 16.1. The molecular weight excluding hydrogens is 388 g/mol. The Morgan fingerprint density at radius 1 is 1.07 bits per heavy atom. The van der Waals surface area contributed by atoms with Crippen molar-refractivity contribution in [2.75, 3.05) is 23.7 Å². The number of anilines is 1. The highest BCUT2D eigenvalue weighted by Gasteiger charge is 2.28. The summed E-state index contributed by atoms with van der Waals surface area (Å²) < 4.78 is 31.0. The lowest BCUT2D eigenvalue weighted by molar-refractivity contribution is 0.0951. The van der Waals surface area contributed by atoms with Gasteiger partial charge in [0, 0.05) is 24.2 Å². The summed E-state index contributed by atoms with van der Waals surface area (Å²) in [7, 11) is -1.62. The van der Waals surface area contributed by atoms with Crippen LogP contribution in [0.2, 0.25) is 0 Å². The van der Waals surface area contributed by atoms with E-state index in [9.17, 15) is 13.2 Å². The first-order chi connectivity index (χ1) is 14.0. The van der Waals surface area contributed by atoms with Crippen molar-refractivity contribution in [3.63, 3.8) is 0 Å². The Bertz CT molecular complexity index is 1160.